The zero-order valence-electron chi connectivity index (χ0n) is 12.3. The summed E-state index contributed by atoms with van der Waals surface area (Å²) < 4.78 is 0. The fraction of sp³-hybridized carbons (Fsp3) is 0.562. The minimum absolute atomic E-state index is 0.230. The molecule has 0 spiro atoms. The molecule has 2 aliphatic rings. The minimum atomic E-state index is -0.281. The highest BCUT2D eigenvalue weighted by atomic mass is 16.3. The van der Waals surface area contributed by atoms with Crippen molar-refractivity contribution in [1.82, 2.24) is 4.90 Å². The lowest BCUT2D eigenvalue weighted by Crippen LogP contribution is -2.57. The van der Waals surface area contributed by atoms with Gasteiger partial charge in [0, 0.05) is 32.7 Å². The third-order valence-electron chi connectivity index (χ3n) is 4.94. The number of para-hydroxylation sites is 2. The van der Waals surface area contributed by atoms with Crippen LogP contribution in [0.5, 0.6) is 5.75 Å². The molecule has 0 aromatic heterocycles. The summed E-state index contributed by atoms with van der Waals surface area (Å²) in [4.78, 5) is 16.7. The third kappa shape index (κ3) is 2.46. The Balaban J connectivity index is 1.63. The number of piperazine rings is 1. The largest absolute Gasteiger partial charge is 0.506 e. The first-order chi connectivity index (χ1) is 10.2. The summed E-state index contributed by atoms with van der Waals surface area (Å²) in [6.45, 7) is 3.38. The monoisotopic (exact) mass is 289 g/mol. The lowest BCUT2D eigenvalue weighted by molar-refractivity contribution is -0.147. The number of hydrogen-bond donors (Lipinski definition) is 2. The van der Waals surface area contributed by atoms with E-state index in [9.17, 15) is 9.90 Å². The van der Waals surface area contributed by atoms with E-state index in [1.165, 1.54) is 0 Å². The van der Waals surface area contributed by atoms with Gasteiger partial charge in [-0.15, -0.1) is 0 Å². The highest BCUT2D eigenvalue weighted by Gasteiger charge is 2.45. The van der Waals surface area contributed by atoms with Crippen molar-refractivity contribution >= 4 is 11.6 Å². The number of amides is 1. The van der Waals surface area contributed by atoms with E-state index in [4.69, 9.17) is 5.73 Å². The summed E-state index contributed by atoms with van der Waals surface area (Å²) in [5.41, 5.74) is 6.39. The Hall–Kier alpha value is -1.75. The van der Waals surface area contributed by atoms with Crippen molar-refractivity contribution in [1.29, 1.82) is 0 Å². The van der Waals surface area contributed by atoms with E-state index >= 15 is 0 Å². The van der Waals surface area contributed by atoms with E-state index in [2.05, 4.69) is 4.90 Å². The first kappa shape index (κ1) is 14.2. The second-order valence-corrected chi connectivity index (χ2v) is 6.11. The van der Waals surface area contributed by atoms with E-state index < -0.39 is 0 Å². The second-order valence-electron chi connectivity index (χ2n) is 6.11. The van der Waals surface area contributed by atoms with Crippen LogP contribution in [0.15, 0.2) is 24.3 Å². The molecule has 0 unspecified atom stereocenters. The van der Waals surface area contributed by atoms with Crippen LogP contribution in [-0.4, -0.2) is 48.6 Å². The van der Waals surface area contributed by atoms with Crippen LogP contribution in [0.1, 0.15) is 19.3 Å². The van der Waals surface area contributed by atoms with Crippen LogP contribution in [0.2, 0.25) is 0 Å². The molecule has 1 saturated heterocycles. The molecule has 0 atom stereocenters. The summed E-state index contributed by atoms with van der Waals surface area (Å²) in [5.74, 6) is 0.530. The molecule has 2 fully saturated rings. The molecule has 0 bridgehead atoms. The summed E-state index contributed by atoms with van der Waals surface area (Å²) in [6, 6.07) is 7.36. The van der Waals surface area contributed by atoms with Crippen molar-refractivity contribution in [3.63, 3.8) is 0 Å². The van der Waals surface area contributed by atoms with Gasteiger partial charge in [-0.3, -0.25) is 4.79 Å². The zero-order chi connectivity index (χ0) is 14.9. The number of nitrogens with zero attached hydrogens (tertiary/aromatic N) is 2. The molecule has 5 heteroatoms. The van der Waals surface area contributed by atoms with Gasteiger partial charge in [-0.05, 0) is 25.0 Å². The molecule has 1 amide bonds. The van der Waals surface area contributed by atoms with Gasteiger partial charge in [-0.25, -0.2) is 0 Å². The molecule has 0 radical (unpaired) electrons. The zero-order valence-corrected chi connectivity index (χ0v) is 12.3. The first-order valence-corrected chi connectivity index (χ1v) is 7.69. The molecule has 5 nitrogen and oxygen atoms in total. The molecule has 21 heavy (non-hydrogen) atoms. The van der Waals surface area contributed by atoms with Crippen LogP contribution in [0.4, 0.5) is 5.69 Å². The molecule has 1 heterocycles. The van der Waals surface area contributed by atoms with Crippen molar-refractivity contribution < 1.29 is 9.90 Å². The Labute approximate surface area is 125 Å². The number of anilines is 1. The van der Waals surface area contributed by atoms with Crippen LogP contribution in [0, 0.1) is 5.41 Å². The van der Waals surface area contributed by atoms with Gasteiger partial charge >= 0.3 is 0 Å². The van der Waals surface area contributed by atoms with Crippen LogP contribution in [0.25, 0.3) is 0 Å². The fourth-order valence-electron chi connectivity index (χ4n) is 3.33. The number of hydrogen-bond acceptors (Lipinski definition) is 4. The molecule has 1 aromatic carbocycles. The fourth-order valence-corrected chi connectivity index (χ4v) is 3.33. The van der Waals surface area contributed by atoms with Crippen LogP contribution < -0.4 is 10.6 Å². The second kappa shape index (κ2) is 5.56. The van der Waals surface area contributed by atoms with E-state index in [0.29, 0.717) is 25.4 Å². The maximum Gasteiger partial charge on any atom is 0.230 e. The minimum Gasteiger partial charge on any atom is -0.506 e. The normalized spacial score (nSPS) is 21.0. The number of carbonyl (C=O) groups is 1. The van der Waals surface area contributed by atoms with Gasteiger partial charge in [0.25, 0.3) is 0 Å². The molecule has 1 aliphatic heterocycles. The van der Waals surface area contributed by atoms with Crippen molar-refractivity contribution in [2.75, 3.05) is 37.6 Å². The molecule has 3 rings (SSSR count). The Morgan fingerprint density at radius 2 is 1.86 bits per heavy atom. The van der Waals surface area contributed by atoms with Gasteiger partial charge in [0.05, 0.1) is 11.1 Å². The first-order valence-electron chi connectivity index (χ1n) is 7.69. The van der Waals surface area contributed by atoms with Crippen LogP contribution >= 0.6 is 0 Å². The molecule has 1 aliphatic carbocycles. The predicted octanol–water partition coefficient (Wildman–Crippen LogP) is 1.17. The molecular weight excluding hydrogens is 266 g/mol. The van der Waals surface area contributed by atoms with E-state index in [-0.39, 0.29) is 11.3 Å². The molecule has 1 saturated carbocycles. The standard InChI is InChI=1S/C16H23N3O2/c17-12-16(6-3-7-16)15(21)19-10-8-18(9-11-19)13-4-1-2-5-14(13)20/h1-2,4-5,20H,3,6-12,17H2. The van der Waals surface area contributed by atoms with Crippen molar-refractivity contribution in [2.45, 2.75) is 19.3 Å². The maximum absolute atomic E-state index is 12.6. The SMILES string of the molecule is NCC1(C(=O)N2CCN(c3ccccc3O)CC2)CCC1. The summed E-state index contributed by atoms with van der Waals surface area (Å²) in [5, 5.41) is 9.91. The maximum atomic E-state index is 12.6. The van der Waals surface area contributed by atoms with Crippen molar-refractivity contribution in [3.8, 4) is 5.75 Å². The number of carbonyl (C=O) groups excluding carboxylic acids is 1. The predicted molar refractivity (Wildman–Crippen MR) is 82.2 cm³/mol. The Morgan fingerprint density at radius 1 is 1.19 bits per heavy atom. The highest BCUT2D eigenvalue weighted by molar-refractivity contribution is 5.84. The van der Waals surface area contributed by atoms with Gasteiger partial charge in [-0.2, -0.15) is 0 Å². The van der Waals surface area contributed by atoms with E-state index in [0.717, 1.165) is 38.0 Å². The Morgan fingerprint density at radius 3 is 2.38 bits per heavy atom. The molecule has 114 valence electrons. The van der Waals surface area contributed by atoms with Gasteiger partial charge in [0.2, 0.25) is 5.91 Å². The number of rotatable bonds is 3. The summed E-state index contributed by atoms with van der Waals surface area (Å²) >= 11 is 0. The van der Waals surface area contributed by atoms with Crippen LogP contribution in [-0.2, 0) is 4.79 Å². The van der Waals surface area contributed by atoms with E-state index in [1.54, 1.807) is 6.07 Å². The Bertz CT molecular complexity index is 514. The number of phenolic OH excluding ortho intramolecular Hbond substituents is 1. The van der Waals surface area contributed by atoms with Gasteiger partial charge in [0.1, 0.15) is 5.75 Å². The van der Waals surface area contributed by atoms with Gasteiger partial charge in [-0.1, -0.05) is 18.6 Å². The lowest BCUT2D eigenvalue weighted by atomic mass is 9.67. The van der Waals surface area contributed by atoms with Crippen molar-refractivity contribution in [3.05, 3.63) is 24.3 Å². The van der Waals surface area contributed by atoms with Gasteiger partial charge in [0.15, 0.2) is 0 Å². The molecular formula is C16H23N3O2. The number of benzene rings is 1. The average molecular weight is 289 g/mol. The summed E-state index contributed by atoms with van der Waals surface area (Å²) in [6.07, 6.45) is 2.98. The quantitative estimate of drug-likeness (QED) is 0.876. The number of aromatic hydroxyl groups is 1. The van der Waals surface area contributed by atoms with Crippen molar-refractivity contribution in [2.24, 2.45) is 11.1 Å². The Kier molecular flexibility index (Phi) is 3.76. The number of phenols is 1. The molecule has 1 aromatic rings. The van der Waals surface area contributed by atoms with Gasteiger partial charge < -0.3 is 20.6 Å². The topological polar surface area (TPSA) is 69.8 Å². The third-order valence-corrected chi connectivity index (χ3v) is 4.94. The average Bonchev–Trinajstić information content (AvgIpc) is 2.47. The lowest BCUT2D eigenvalue weighted by Gasteiger charge is -2.45. The molecule has 3 N–H and O–H groups in total. The number of nitrogens with two attached hydrogens (primary N) is 1. The smallest absolute Gasteiger partial charge is 0.230 e. The highest BCUT2D eigenvalue weighted by Crippen LogP contribution is 2.41. The van der Waals surface area contributed by atoms with E-state index in [1.807, 2.05) is 23.1 Å². The van der Waals surface area contributed by atoms with Crippen LogP contribution in [0.3, 0.4) is 0 Å². The summed E-state index contributed by atoms with van der Waals surface area (Å²) in [7, 11) is 0.